The number of carbonyl (C=O) groups excluding carboxylic acids is 1. The first-order chi connectivity index (χ1) is 10.9. The summed E-state index contributed by atoms with van der Waals surface area (Å²) in [5.41, 5.74) is 0.817. The van der Waals surface area contributed by atoms with Gasteiger partial charge in [0.1, 0.15) is 5.75 Å². The van der Waals surface area contributed by atoms with Crippen molar-refractivity contribution in [3.63, 3.8) is 0 Å². The van der Waals surface area contributed by atoms with E-state index in [2.05, 4.69) is 4.72 Å². The van der Waals surface area contributed by atoms with Crippen LogP contribution in [-0.2, 0) is 14.8 Å². The minimum absolute atomic E-state index is 0.000648. The number of sulfonamides is 1. The summed E-state index contributed by atoms with van der Waals surface area (Å²) >= 11 is 0. The summed E-state index contributed by atoms with van der Waals surface area (Å²) in [5, 5.41) is 0. The van der Waals surface area contributed by atoms with Crippen molar-refractivity contribution in [1.29, 1.82) is 0 Å². The molecule has 1 heterocycles. The third-order valence-electron chi connectivity index (χ3n) is 3.73. The van der Waals surface area contributed by atoms with Gasteiger partial charge in [-0.25, -0.2) is 13.1 Å². The van der Waals surface area contributed by atoms with E-state index in [0.717, 1.165) is 11.4 Å². The Morgan fingerprint density at radius 1 is 1.26 bits per heavy atom. The fraction of sp³-hybridized carbons (Fsp3) is 0.562. The van der Waals surface area contributed by atoms with Gasteiger partial charge in [-0.3, -0.25) is 4.79 Å². The van der Waals surface area contributed by atoms with Crippen molar-refractivity contribution in [2.24, 2.45) is 5.92 Å². The van der Waals surface area contributed by atoms with Crippen LogP contribution in [0.2, 0.25) is 0 Å². The van der Waals surface area contributed by atoms with Gasteiger partial charge in [0.15, 0.2) is 0 Å². The Hall–Kier alpha value is -1.60. The number of anilines is 1. The van der Waals surface area contributed by atoms with Crippen LogP contribution in [0.1, 0.15) is 26.7 Å². The van der Waals surface area contributed by atoms with Gasteiger partial charge in [0.25, 0.3) is 0 Å². The molecule has 1 saturated heterocycles. The number of nitrogens with zero attached hydrogens (tertiary/aromatic N) is 1. The third kappa shape index (κ3) is 4.94. The number of amides is 1. The number of carbonyl (C=O) groups is 1. The van der Waals surface area contributed by atoms with E-state index in [4.69, 9.17) is 4.74 Å². The predicted molar refractivity (Wildman–Crippen MR) is 90.2 cm³/mol. The Labute approximate surface area is 137 Å². The molecule has 1 aromatic carbocycles. The van der Waals surface area contributed by atoms with E-state index in [9.17, 15) is 13.2 Å². The summed E-state index contributed by atoms with van der Waals surface area (Å²) < 4.78 is 31.4. The van der Waals surface area contributed by atoms with Gasteiger partial charge in [-0.2, -0.15) is 0 Å². The number of benzene rings is 1. The average molecular weight is 340 g/mol. The second kappa shape index (κ2) is 7.79. The van der Waals surface area contributed by atoms with Crippen LogP contribution < -0.4 is 14.4 Å². The van der Waals surface area contributed by atoms with E-state index in [1.54, 1.807) is 4.90 Å². The Balaban J connectivity index is 1.94. The molecule has 1 N–H and O–H groups in total. The topological polar surface area (TPSA) is 75.7 Å². The van der Waals surface area contributed by atoms with Gasteiger partial charge in [-0.1, -0.05) is 6.92 Å². The largest absolute Gasteiger partial charge is 0.494 e. The smallest absolute Gasteiger partial charge is 0.227 e. The summed E-state index contributed by atoms with van der Waals surface area (Å²) in [4.78, 5) is 13.9. The van der Waals surface area contributed by atoms with Crippen LogP contribution >= 0.6 is 0 Å². The van der Waals surface area contributed by atoms with Crippen molar-refractivity contribution in [2.45, 2.75) is 26.7 Å². The molecule has 23 heavy (non-hydrogen) atoms. The maximum Gasteiger partial charge on any atom is 0.227 e. The van der Waals surface area contributed by atoms with Gasteiger partial charge in [-0.05, 0) is 43.5 Å². The van der Waals surface area contributed by atoms with Gasteiger partial charge in [-0.15, -0.1) is 0 Å². The Morgan fingerprint density at radius 2 is 1.96 bits per heavy atom. The summed E-state index contributed by atoms with van der Waals surface area (Å²) in [6, 6.07) is 7.38. The van der Waals surface area contributed by atoms with Crippen LogP contribution in [0.15, 0.2) is 24.3 Å². The third-order valence-corrected chi connectivity index (χ3v) is 5.28. The van der Waals surface area contributed by atoms with E-state index >= 15 is 0 Å². The molecule has 0 aromatic heterocycles. The molecular formula is C16H24N2O4S. The average Bonchev–Trinajstić information content (AvgIpc) is 2.88. The molecule has 1 aliphatic heterocycles. The molecule has 6 nitrogen and oxygen atoms in total. The van der Waals surface area contributed by atoms with E-state index in [1.165, 1.54) is 0 Å². The lowest BCUT2D eigenvalue weighted by Gasteiger charge is -2.17. The second-order valence-corrected chi connectivity index (χ2v) is 7.60. The van der Waals surface area contributed by atoms with Crippen molar-refractivity contribution >= 4 is 21.6 Å². The number of rotatable bonds is 8. The maximum absolute atomic E-state index is 12.2. The normalized spacial score (nSPS) is 18.4. The van der Waals surface area contributed by atoms with E-state index < -0.39 is 10.0 Å². The van der Waals surface area contributed by atoms with Gasteiger partial charge in [0.2, 0.25) is 15.9 Å². The highest BCUT2D eigenvalue weighted by Gasteiger charge is 2.31. The molecular weight excluding hydrogens is 316 g/mol. The van der Waals surface area contributed by atoms with Crippen molar-refractivity contribution in [3.8, 4) is 5.75 Å². The van der Waals surface area contributed by atoms with Gasteiger partial charge < -0.3 is 9.64 Å². The highest BCUT2D eigenvalue weighted by atomic mass is 32.2. The molecule has 7 heteroatoms. The van der Waals surface area contributed by atoms with Crippen LogP contribution in [0.25, 0.3) is 0 Å². The molecule has 1 atom stereocenters. The first-order valence-electron chi connectivity index (χ1n) is 7.95. The molecule has 0 radical (unpaired) electrons. The molecule has 1 aliphatic rings. The van der Waals surface area contributed by atoms with E-state index in [0.29, 0.717) is 32.5 Å². The summed E-state index contributed by atoms with van der Waals surface area (Å²) in [7, 11) is -3.23. The molecule has 1 fully saturated rings. The van der Waals surface area contributed by atoms with Crippen molar-refractivity contribution in [1.82, 2.24) is 4.72 Å². The van der Waals surface area contributed by atoms with Crippen molar-refractivity contribution in [2.75, 3.05) is 30.3 Å². The molecule has 0 bridgehead atoms. The highest BCUT2D eigenvalue weighted by molar-refractivity contribution is 7.89. The van der Waals surface area contributed by atoms with Crippen LogP contribution in [0.4, 0.5) is 5.69 Å². The molecule has 1 aromatic rings. The van der Waals surface area contributed by atoms with Crippen molar-refractivity contribution < 1.29 is 17.9 Å². The SMILES string of the molecule is CCCS(=O)(=O)NCC1CC(=O)N(c2ccc(OCC)cc2)C1. The van der Waals surface area contributed by atoms with Crippen molar-refractivity contribution in [3.05, 3.63) is 24.3 Å². The van der Waals surface area contributed by atoms with Crippen LogP contribution in [0.3, 0.4) is 0 Å². The molecule has 1 amide bonds. The number of nitrogens with one attached hydrogen (secondary N) is 1. The molecule has 0 spiro atoms. The second-order valence-electron chi connectivity index (χ2n) is 5.67. The number of hydrogen-bond donors (Lipinski definition) is 1. The quantitative estimate of drug-likeness (QED) is 0.782. The van der Waals surface area contributed by atoms with E-state index in [1.807, 2.05) is 38.1 Å². The maximum atomic E-state index is 12.2. The fourth-order valence-corrected chi connectivity index (χ4v) is 3.81. The standard InChI is InChI=1S/C16H24N2O4S/c1-3-9-23(20,21)17-11-13-10-16(19)18(12-13)14-5-7-15(8-6-14)22-4-2/h5-8,13,17H,3-4,9-12H2,1-2H3. The van der Waals surface area contributed by atoms with E-state index in [-0.39, 0.29) is 17.6 Å². The van der Waals surface area contributed by atoms with Crippen LogP contribution in [0.5, 0.6) is 5.75 Å². The lowest BCUT2D eigenvalue weighted by molar-refractivity contribution is -0.117. The molecule has 0 aliphatic carbocycles. The van der Waals surface area contributed by atoms with Gasteiger partial charge in [0.05, 0.1) is 12.4 Å². The molecule has 128 valence electrons. The molecule has 0 saturated carbocycles. The fourth-order valence-electron chi connectivity index (χ4n) is 2.64. The molecule has 1 unspecified atom stereocenters. The van der Waals surface area contributed by atoms with Gasteiger partial charge in [0, 0.05) is 25.2 Å². The number of ether oxygens (including phenoxy) is 1. The lowest BCUT2D eigenvalue weighted by Crippen LogP contribution is -2.32. The van der Waals surface area contributed by atoms with Gasteiger partial charge >= 0.3 is 0 Å². The zero-order chi connectivity index (χ0) is 16.9. The zero-order valence-electron chi connectivity index (χ0n) is 13.6. The molecule has 2 rings (SSSR count). The first kappa shape index (κ1) is 17.7. The minimum Gasteiger partial charge on any atom is -0.494 e. The predicted octanol–water partition coefficient (Wildman–Crippen LogP) is 1.77. The minimum atomic E-state index is -3.23. The Kier molecular flexibility index (Phi) is 6.01. The monoisotopic (exact) mass is 340 g/mol. The highest BCUT2D eigenvalue weighted by Crippen LogP contribution is 2.26. The first-order valence-corrected chi connectivity index (χ1v) is 9.61. The summed E-state index contributed by atoms with van der Waals surface area (Å²) in [6.45, 7) is 5.18. The van der Waals surface area contributed by atoms with Crippen LogP contribution in [-0.4, -0.2) is 39.8 Å². The summed E-state index contributed by atoms with van der Waals surface area (Å²) in [6.07, 6.45) is 0.944. The Bertz CT molecular complexity index is 628. The van der Waals surface area contributed by atoms with Crippen LogP contribution in [0, 0.1) is 5.92 Å². The summed E-state index contributed by atoms with van der Waals surface area (Å²) in [5.74, 6) is 0.914. The number of hydrogen-bond acceptors (Lipinski definition) is 4. The Morgan fingerprint density at radius 3 is 2.57 bits per heavy atom. The zero-order valence-corrected chi connectivity index (χ0v) is 14.4. The lowest BCUT2D eigenvalue weighted by atomic mass is 10.1.